The van der Waals surface area contributed by atoms with E-state index < -0.39 is 22.5 Å². The molecule has 0 fully saturated rings. The Balaban J connectivity index is 1.76. The first-order valence-corrected chi connectivity index (χ1v) is 12.6. The molecule has 1 amide bonds. The molecule has 3 rings (SSSR count). The van der Waals surface area contributed by atoms with Crippen LogP contribution in [0.1, 0.15) is 28.1 Å². The number of amides is 1. The van der Waals surface area contributed by atoms with Crippen LogP contribution < -0.4 is 14.5 Å². The Morgan fingerprint density at radius 3 is 2.38 bits per heavy atom. The fourth-order valence-electron chi connectivity index (χ4n) is 3.90. The van der Waals surface area contributed by atoms with Gasteiger partial charge in [-0.25, -0.2) is 13.8 Å². The second-order valence-corrected chi connectivity index (χ2v) is 10.2. The molecule has 0 saturated carbocycles. The number of hydrogen-bond acceptors (Lipinski definition) is 5. The Bertz CT molecular complexity index is 1320. The third-order valence-electron chi connectivity index (χ3n) is 5.36. The molecule has 8 nitrogen and oxygen atoms in total. The first-order chi connectivity index (χ1) is 16.0. The zero-order chi connectivity index (χ0) is 25.0. The minimum atomic E-state index is -3.70. The molecule has 34 heavy (non-hydrogen) atoms. The maximum atomic E-state index is 12.5. The van der Waals surface area contributed by atoms with Gasteiger partial charge in [-0.1, -0.05) is 12.1 Å². The summed E-state index contributed by atoms with van der Waals surface area (Å²) in [6.07, 6.45) is 2.61. The van der Waals surface area contributed by atoms with Gasteiger partial charge >= 0.3 is 0 Å². The van der Waals surface area contributed by atoms with Gasteiger partial charge in [0.1, 0.15) is 12.3 Å². The Hall–Kier alpha value is -3.59. The lowest BCUT2D eigenvalue weighted by Gasteiger charge is -2.21. The summed E-state index contributed by atoms with van der Waals surface area (Å²) >= 11 is 0. The monoisotopic (exact) mass is 482 g/mol. The molecule has 0 aliphatic heterocycles. The molecule has 0 unspecified atom stereocenters. The van der Waals surface area contributed by atoms with Gasteiger partial charge in [0.25, 0.3) is 5.91 Å². The van der Waals surface area contributed by atoms with Crippen LogP contribution in [0.5, 0.6) is 5.75 Å². The number of hydrazone groups is 1. The van der Waals surface area contributed by atoms with Gasteiger partial charge in [-0.05, 0) is 69.2 Å². The first kappa shape index (κ1) is 25.0. The number of aryl methyl sites for hydroxylation is 3. The van der Waals surface area contributed by atoms with Crippen molar-refractivity contribution in [3.05, 3.63) is 76.6 Å². The SMILES string of the molecule is COc1cccc(N(CC(=O)N/N=C\c2cc(C)n(-c3cc(C)cc(C)c3)c2C)S(C)(=O)=O)c1. The number of hydrogen-bond donors (Lipinski definition) is 1. The number of rotatable bonds is 8. The molecule has 0 saturated heterocycles. The zero-order valence-electron chi connectivity index (χ0n) is 20.3. The maximum Gasteiger partial charge on any atom is 0.260 e. The van der Waals surface area contributed by atoms with Gasteiger partial charge in [0.15, 0.2) is 0 Å². The molecule has 9 heteroatoms. The quantitative estimate of drug-likeness (QED) is 0.392. The van der Waals surface area contributed by atoms with Gasteiger partial charge in [0, 0.05) is 28.7 Å². The summed E-state index contributed by atoms with van der Waals surface area (Å²) in [6, 6.07) is 14.9. The second kappa shape index (κ2) is 10.1. The number of sulfonamides is 1. The molecular weight excluding hydrogens is 452 g/mol. The first-order valence-electron chi connectivity index (χ1n) is 10.7. The summed E-state index contributed by atoms with van der Waals surface area (Å²) in [5.74, 6) is -0.0728. The molecular formula is C25H30N4O4S. The molecule has 3 aromatic rings. The van der Waals surface area contributed by atoms with Gasteiger partial charge in [0.2, 0.25) is 10.0 Å². The van der Waals surface area contributed by atoms with Crippen LogP contribution in [0.15, 0.2) is 53.6 Å². The molecule has 0 atom stereocenters. The predicted molar refractivity (Wildman–Crippen MR) is 136 cm³/mol. The van der Waals surface area contributed by atoms with Crippen LogP contribution in [0.4, 0.5) is 5.69 Å². The van der Waals surface area contributed by atoms with E-state index >= 15 is 0 Å². The minimum Gasteiger partial charge on any atom is -0.497 e. The molecule has 180 valence electrons. The van der Waals surface area contributed by atoms with Crippen molar-refractivity contribution in [3.63, 3.8) is 0 Å². The summed E-state index contributed by atoms with van der Waals surface area (Å²) in [5, 5.41) is 4.06. The molecule has 0 radical (unpaired) electrons. The predicted octanol–water partition coefficient (Wildman–Crippen LogP) is 3.64. The fraction of sp³-hybridized carbons (Fsp3) is 0.280. The van der Waals surface area contributed by atoms with Crippen LogP contribution in [0.25, 0.3) is 5.69 Å². The lowest BCUT2D eigenvalue weighted by atomic mass is 10.1. The van der Waals surface area contributed by atoms with Crippen LogP contribution in [-0.2, 0) is 14.8 Å². The number of carbonyl (C=O) groups excluding carboxylic acids is 1. The van der Waals surface area contributed by atoms with Crippen LogP contribution in [-0.4, -0.2) is 45.0 Å². The number of benzene rings is 2. The number of methoxy groups -OCH3 is 1. The second-order valence-electron chi connectivity index (χ2n) is 8.27. The highest BCUT2D eigenvalue weighted by molar-refractivity contribution is 7.92. The third-order valence-corrected chi connectivity index (χ3v) is 6.50. The van der Waals surface area contributed by atoms with E-state index in [1.54, 1.807) is 30.5 Å². The molecule has 0 bridgehead atoms. The van der Waals surface area contributed by atoms with Crippen molar-refractivity contribution in [2.24, 2.45) is 5.10 Å². The third kappa shape index (κ3) is 5.85. The summed E-state index contributed by atoms with van der Waals surface area (Å²) in [5.41, 5.74) is 9.05. The lowest BCUT2D eigenvalue weighted by Crippen LogP contribution is -2.39. The standard InChI is InChI=1S/C25H30N4O4S/c1-17-10-18(2)12-23(11-17)29-19(3)13-21(20(29)4)15-26-27-25(30)16-28(34(6,31)32)22-8-7-9-24(14-22)33-5/h7-15H,16H2,1-6H3,(H,27,30)/b26-15-. The van der Waals surface area contributed by atoms with E-state index in [1.807, 2.05) is 19.9 Å². The van der Waals surface area contributed by atoms with Crippen molar-refractivity contribution < 1.29 is 17.9 Å². The van der Waals surface area contributed by atoms with E-state index in [-0.39, 0.29) is 0 Å². The lowest BCUT2D eigenvalue weighted by molar-refractivity contribution is -0.119. The molecule has 0 spiro atoms. The maximum absolute atomic E-state index is 12.5. The van der Waals surface area contributed by atoms with Crippen LogP contribution >= 0.6 is 0 Å². The average molecular weight is 483 g/mol. The van der Waals surface area contributed by atoms with Gasteiger partial charge < -0.3 is 9.30 Å². The summed E-state index contributed by atoms with van der Waals surface area (Å²) in [4.78, 5) is 12.5. The Morgan fingerprint density at radius 1 is 1.09 bits per heavy atom. The number of nitrogens with one attached hydrogen (secondary N) is 1. The van der Waals surface area contributed by atoms with Crippen molar-refractivity contribution >= 4 is 27.8 Å². The van der Waals surface area contributed by atoms with Crippen molar-refractivity contribution in [1.29, 1.82) is 0 Å². The number of ether oxygens (including phenoxy) is 1. The van der Waals surface area contributed by atoms with E-state index in [4.69, 9.17) is 4.74 Å². The van der Waals surface area contributed by atoms with E-state index in [0.717, 1.165) is 33.2 Å². The highest BCUT2D eigenvalue weighted by Gasteiger charge is 2.21. The molecule has 1 N–H and O–H groups in total. The van der Waals surface area contributed by atoms with Gasteiger partial charge in [-0.15, -0.1) is 0 Å². The largest absolute Gasteiger partial charge is 0.497 e. The van der Waals surface area contributed by atoms with Crippen molar-refractivity contribution in [2.45, 2.75) is 27.7 Å². The Labute approximate surface area is 200 Å². The van der Waals surface area contributed by atoms with Crippen LogP contribution in [0.2, 0.25) is 0 Å². The summed E-state index contributed by atoms with van der Waals surface area (Å²) < 4.78 is 32.9. The van der Waals surface area contributed by atoms with Crippen molar-refractivity contribution in [3.8, 4) is 11.4 Å². The fourth-order valence-corrected chi connectivity index (χ4v) is 4.75. The average Bonchev–Trinajstić information content (AvgIpc) is 3.03. The van der Waals surface area contributed by atoms with Gasteiger partial charge in [-0.3, -0.25) is 9.10 Å². The number of nitrogens with zero attached hydrogens (tertiary/aromatic N) is 3. The van der Waals surface area contributed by atoms with Crippen molar-refractivity contribution in [1.82, 2.24) is 9.99 Å². The van der Waals surface area contributed by atoms with E-state index in [0.29, 0.717) is 11.4 Å². The highest BCUT2D eigenvalue weighted by Crippen LogP contribution is 2.23. The normalized spacial score (nSPS) is 11.6. The van der Waals surface area contributed by atoms with Crippen LogP contribution in [0, 0.1) is 27.7 Å². The Morgan fingerprint density at radius 2 is 1.76 bits per heavy atom. The van der Waals surface area contributed by atoms with E-state index in [1.165, 1.54) is 18.2 Å². The van der Waals surface area contributed by atoms with Crippen molar-refractivity contribution in [2.75, 3.05) is 24.2 Å². The van der Waals surface area contributed by atoms with E-state index in [9.17, 15) is 13.2 Å². The topological polar surface area (TPSA) is 93.0 Å². The van der Waals surface area contributed by atoms with Gasteiger partial charge in [-0.2, -0.15) is 5.10 Å². The molecule has 1 heterocycles. The van der Waals surface area contributed by atoms with Gasteiger partial charge in [0.05, 0.1) is 25.3 Å². The van der Waals surface area contributed by atoms with E-state index in [2.05, 4.69) is 47.1 Å². The summed E-state index contributed by atoms with van der Waals surface area (Å²) in [6.45, 7) is 7.72. The van der Waals surface area contributed by atoms with Crippen LogP contribution in [0.3, 0.4) is 0 Å². The summed E-state index contributed by atoms with van der Waals surface area (Å²) in [7, 11) is -2.21. The number of anilines is 1. The number of aromatic nitrogens is 1. The Kier molecular flexibility index (Phi) is 7.46. The number of carbonyl (C=O) groups is 1. The highest BCUT2D eigenvalue weighted by atomic mass is 32.2. The molecule has 1 aromatic heterocycles. The zero-order valence-corrected chi connectivity index (χ0v) is 21.1. The smallest absolute Gasteiger partial charge is 0.260 e. The molecule has 0 aliphatic carbocycles. The molecule has 2 aromatic carbocycles. The minimum absolute atomic E-state index is 0.331. The molecule has 0 aliphatic rings.